The maximum absolute atomic E-state index is 11.6. The monoisotopic (exact) mass is 436 g/mol. The molecular weight excluding hydrogens is 415 g/mol. The summed E-state index contributed by atoms with van der Waals surface area (Å²) in [5.74, 6) is 0.538. The van der Waals surface area contributed by atoms with Gasteiger partial charge in [-0.15, -0.1) is 30.6 Å². The lowest BCUT2D eigenvalue weighted by molar-refractivity contribution is -0.127. The van der Waals surface area contributed by atoms with Crippen LogP contribution in [0, 0.1) is 0 Å². The number of aliphatic imine (C=N–C) groups is 1. The summed E-state index contributed by atoms with van der Waals surface area (Å²) in [5, 5.41) is 6.73. The van der Waals surface area contributed by atoms with E-state index < -0.39 is 0 Å². The van der Waals surface area contributed by atoms with E-state index in [-0.39, 0.29) is 36.4 Å². The minimum Gasteiger partial charge on any atom is -0.353 e. The molecule has 1 amide bonds. The topological polar surface area (TPSA) is 56.7 Å². The summed E-state index contributed by atoms with van der Waals surface area (Å²) >= 11 is 5.94. The van der Waals surface area contributed by atoms with Crippen LogP contribution in [0.5, 0.6) is 0 Å². The normalized spacial score (nSPS) is 10.4. The molecule has 0 spiro atoms. The third kappa shape index (κ3) is 8.23. The number of amides is 1. The molecule has 0 saturated carbocycles. The number of rotatable bonds is 6. The first kappa shape index (κ1) is 20.7. The van der Waals surface area contributed by atoms with Gasteiger partial charge in [0.25, 0.3) is 0 Å². The second-order valence-corrected chi connectivity index (χ2v) is 5.04. The van der Waals surface area contributed by atoms with Crippen molar-refractivity contribution < 1.29 is 4.79 Å². The SMILES string of the molecule is C=CCNC(=NCc1cccc(Cl)c1)NCC(=O)N(C)C.I. The molecule has 1 aromatic rings. The number of nitrogens with one attached hydrogen (secondary N) is 2. The Morgan fingerprint density at radius 1 is 1.41 bits per heavy atom. The molecule has 0 bridgehead atoms. The lowest BCUT2D eigenvalue weighted by Crippen LogP contribution is -2.43. The van der Waals surface area contributed by atoms with Crippen molar-refractivity contribution >= 4 is 47.4 Å². The lowest BCUT2D eigenvalue weighted by Gasteiger charge is -2.14. The Morgan fingerprint density at radius 2 is 2.14 bits per heavy atom. The van der Waals surface area contributed by atoms with Crippen LogP contribution in [0.3, 0.4) is 0 Å². The Bertz CT molecular complexity index is 520. The highest BCUT2D eigenvalue weighted by Crippen LogP contribution is 2.11. The quantitative estimate of drug-likeness (QED) is 0.311. The molecule has 122 valence electrons. The number of hydrogen-bond acceptors (Lipinski definition) is 2. The second-order valence-electron chi connectivity index (χ2n) is 4.61. The van der Waals surface area contributed by atoms with Crippen molar-refractivity contribution in [2.75, 3.05) is 27.2 Å². The maximum atomic E-state index is 11.6. The third-order valence-electron chi connectivity index (χ3n) is 2.63. The highest BCUT2D eigenvalue weighted by molar-refractivity contribution is 14.0. The van der Waals surface area contributed by atoms with E-state index in [0.29, 0.717) is 24.1 Å². The van der Waals surface area contributed by atoms with Gasteiger partial charge < -0.3 is 15.5 Å². The summed E-state index contributed by atoms with van der Waals surface area (Å²) in [6.45, 7) is 4.88. The summed E-state index contributed by atoms with van der Waals surface area (Å²) in [7, 11) is 3.42. The van der Waals surface area contributed by atoms with Crippen LogP contribution in [-0.2, 0) is 11.3 Å². The first-order chi connectivity index (χ1) is 10.0. The predicted molar refractivity (Wildman–Crippen MR) is 103 cm³/mol. The van der Waals surface area contributed by atoms with E-state index in [1.807, 2.05) is 24.3 Å². The first-order valence-corrected chi connectivity index (χ1v) is 6.98. The first-order valence-electron chi connectivity index (χ1n) is 6.60. The Balaban J connectivity index is 0.00000441. The van der Waals surface area contributed by atoms with Crippen LogP contribution in [0.4, 0.5) is 0 Å². The molecule has 7 heteroatoms. The van der Waals surface area contributed by atoms with Crippen molar-refractivity contribution in [3.63, 3.8) is 0 Å². The van der Waals surface area contributed by atoms with Gasteiger partial charge in [0.1, 0.15) is 0 Å². The van der Waals surface area contributed by atoms with Crippen LogP contribution in [0.2, 0.25) is 5.02 Å². The van der Waals surface area contributed by atoms with Gasteiger partial charge in [-0.05, 0) is 17.7 Å². The van der Waals surface area contributed by atoms with Crippen LogP contribution in [0.15, 0.2) is 41.9 Å². The van der Waals surface area contributed by atoms with Crippen LogP contribution < -0.4 is 10.6 Å². The molecule has 0 aliphatic heterocycles. The fourth-order valence-electron chi connectivity index (χ4n) is 1.47. The third-order valence-corrected chi connectivity index (χ3v) is 2.86. The number of benzene rings is 1. The van der Waals surface area contributed by atoms with Crippen molar-refractivity contribution in [1.82, 2.24) is 15.5 Å². The number of halogens is 2. The largest absolute Gasteiger partial charge is 0.353 e. The predicted octanol–water partition coefficient (Wildman–Crippen LogP) is 2.27. The molecule has 1 aromatic carbocycles. The Hall–Kier alpha value is -1.28. The zero-order chi connectivity index (χ0) is 15.7. The smallest absolute Gasteiger partial charge is 0.241 e. The minimum absolute atomic E-state index is 0. The summed E-state index contributed by atoms with van der Waals surface area (Å²) in [4.78, 5) is 17.5. The van der Waals surface area contributed by atoms with Crippen LogP contribution in [-0.4, -0.2) is 44.0 Å². The Morgan fingerprint density at radius 3 is 2.73 bits per heavy atom. The van der Waals surface area contributed by atoms with Gasteiger partial charge in [0.2, 0.25) is 5.91 Å². The molecule has 0 unspecified atom stereocenters. The molecule has 5 nitrogen and oxygen atoms in total. The summed E-state index contributed by atoms with van der Waals surface area (Å²) in [6, 6.07) is 7.51. The van der Waals surface area contributed by atoms with E-state index in [1.54, 1.807) is 20.2 Å². The van der Waals surface area contributed by atoms with Gasteiger partial charge in [0.15, 0.2) is 5.96 Å². The van der Waals surface area contributed by atoms with E-state index in [1.165, 1.54) is 4.90 Å². The van der Waals surface area contributed by atoms with Gasteiger partial charge >= 0.3 is 0 Å². The van der Waals surface area contributed by atoms with Gasteiger partial charge in [0.05, 0.1) is 13.1 Å². The minimum atomic E-state index is -0.0224. The number of nitrogens with zero attached hydrogens (tertiary/aromatic N) is 2. The molecule has 0 heterocycles. The molecule has 0 aliphatic carbocycles. The number of guanidine groups is 1. The number of carbonyl (C=O) groups is 1. The van der Waals surface area contributed by atoms with E-state index >= 15 is 0 Å². The maximum Gasteiger partial charge on any atom is 0.241 e. The fourth-order valence-corrected chi connectivity index (χ4v) is 1.68. The molecule has 2 N–H and O–H groups in total. The van der Waals surface area contributed by atoms with Crippen molar-refractivity contribution in [3.05, 3.63) is 47.5 Å². The number of likely N-dealkylation sites (N-methyl/N-ethyl adjacent to an activating group) is 1. The van der Waals surface area contributed by atoms with Crippen LogP contribution in [0.25, 0.3) is 0 Å². The molecule has 22 heavy (non-hydrogen) atoms. The molecular formula is C15H22ClIN4O. The summed E-state index contributed by atoms with van der Waals surface area (Å²) < 4.78 is 0. The second kappa shape index (κ2) is 11.3. The van der Waals surface area contributed by atoms with E-state index in [4.69, 9.17) is 11.6 Å². The molecule has 0 fully saturated rings. The van der Waals surface area contributed by atoms with E-state index in [0.717, 1.165) is 5.56 Å². The van der Waals surface area contributed by atoms with Crippen LogP contribution in [0.1, 0.15) is 5.56 Å². The average molecular weight is 437 g/mol. The van der Waals surface area contributed by atoms with Gasteiger partial charge in [-0.3, -0.25) is 4.79 Å². The standard InChI is InChI=1S/C15H21ClN4O.HI/c1-4-8-17-15(19-11-14(21)20(2)3)18-10-12-6-5-7-13(16)9-12;/h4-7,9H,1,8,10-11H2,2-3H3,(H2,17,18,19);1H. The molecule has 0 saturated heterocycles. The van der Waals surface area contributed by atoms with Crippen molar-refractivity contribution in [2.24, 2.45) is 4.99 Å². The lowest BCUT2D eigenvalue weighted by atomic mass is 10.2. The van der Waals surface area contributed by atoms with Gasteiger partial charge in [-0.1, -0.05) is 29.8 Å². The highest BCUT2D eigenvalue weighted by Gasteiger charge is 2.05. The van der Waals surface area contributed by atoms with E-state index in [2.05, 4.69) is 22.2 Å². The molecule has 0 atom stereocenters. The van der Waals surface area contributed by atoms with Crippen molar-refractivity contribution in [3.8, 4) is 0 Å². The molecule has 0 radical (unpaired) electrons. The number of carbonyl (C=O) groups excluding carboxylic acids is 1. The zero-order valence-electron chi connectivity index (χ0n) is 12.8. The Kier molecular flexibility index (Phi) is 10.7. The fraction of sp³-hybridized carbons (Fsp3) is 0.333. The van der Waals surface area contributed by atoms with Crippen molar-refractivity contribution in [1.29, 1.82) is 0 Å². The van der Waals surface area contributed by atoms with Gasteiger partial charge in [-0.25, -0.2) is 4.99 Å². The summed E-state index contributed by atoms with van der Waals surface area (Å²) in [6.07, 6.45) is 1.73. The zero-order valence-corrected chi connectivity index (χ0v) is 15.9. The Labute approximate surface area is 153 Å². The number of hydrogen-bond donors (Lipinski definition) is 2. The van der Waals surface area contributed by atoms with Crippen LogP contribution >= 0.6 is 35.6 Å². The molecule has 1 rings (SSSR count). The average Bonchev–Trinajstić information content (AvgIpc) is 2.46. The highest BCUT2D eigenvalue weighted by atomic mass is 127. The van der Waals surface area contributed by atoms with Gasteiger partial charge in [0, 0.05) is 25.7 Å². The molecule has 0 aromatic heterocycles. The summed E-state index contributed by atoms with van der Waals surface area (Å²) in [5.41, 5.74) is 1.00. The van der Waals surface area contributed by atoms with E-state index in [9.17, 15) is 4.79 Å². The van der Waals surface area contributed by atoms with Gasteiger partial charge in [-0.2, -0.15) is 0 Å². The van der Waals surface area contributed by atoms with Crippen molar-refractivity contribution in [2.45, 2.75) is 6.54 Å². The molecule has 0 aliphatic rings.